The summed E-state index contributed by atoms with van der Waals surface area (Å²) in [6, 6.07) is 0. The minimum atomic E-state index is -0.250. The Morgan fingerprint density at radius 2 is 2.14 bits per heavy atom. The van der Waals surface area contributed by atoms with Gasteiger partial charge in [0.1, 0.15) is 0 Å². The van der Waals surface area contributed by atoms with E-state index >= 15 is 0 Å². The predicted molar refractivity (Wildman–Crippen MR) is 60.7 cm³/mol. The van der Waals surface area contributed by atoms with Gasteiger partial charge < -0.3 is 5.73 Å². The van der Waals surface area contributed by atoms with E-state index in [0.29, 0.717) is 5.92 Å². The van der Waals surface area contributed by atoms with Crippen LogP contribution in [0.15, 0.2) is 23.8 Å². The Bertz CT molecular complexity index is 241. The Balaban J connectivity index is 0.000000791. The molecule has 0 aromatic carbocycles. The molecule has 0 spiro atoms. The first-order valence-corrected chi connectivity index (χ1v) is 5.29. The first-order chi connectivity index (χ1) is 6.61. The second kappa shape index (κ2) is 6.41. The Labute approximate surface area is 86.9 Å². The fourth-order valence-corrected chi connectivity index (χ4v) is 1.32. The topological polar surface area (TPSA) is 43.1 Å². The lowest BCUT2D eigenvalue weighted by Crippen LogP contribution is -2.22. The van der Waals surface area contributed by atoms with Crippen LogP contribution in [0.3, 0.4) is 0 Å². The average Bonchev–Trinajstić information content (AvgIpc) is 2.19. The molecule has 1 unspecified atom stereocenters. The molecule has 0 fully saturated rings. The van der Waals surface area contributed by atoms with E-state index in [1.54, 1.807) is 0 Å². The van der Waals surface area contributed by atoms with Crippen molar-refractivity contribution in [2.75, 3.05) is 0 Å². The highest BCUT2D eigenvalue weighted by Gasteiger charge is 2.15. The van der Waals surface area contributed by atoms with Crippen LogP contribution in [0.5, 0.6) is 0 Å². The molecule has 0 aromatic heterocycles. The van der Waals surface area contributed by atoms with Crippen LogP contribution in [0.4, 0.5) is 0 Å². The van der Waals surface area contributed by atoms with Gasteiger partial charge in [-0.2, -0.15) is 0 Å². The maximum atomic E-state index is 10.9. The number of nitrogens with two attached hydrogens (primary N) is 1. The lowest BCUT2D eigenvalue weighted by molar-refractivity contribution is -0.120. The highest BCUT2D eigenvalue weighted by Crippen LogP contribution is 2.21. The molecule has 0 saturated heterocycles. The number of primary amides is 1. The molecule has 14 heavy (non-hydrogen) atoms. The molecule has 0 aromatic rings. The van der Waals surface area contributed by atoms with E-state index in [-0.39, 0.29) is 11.8 Å². The number of carbonyl (C=O) groups is 1. The summed E-state index contributed by atoms with van der Waals surface area (Å²) >= 11 is 0. The lowest BCUT2D eigenvalue weighted by atomic mass is 9.90. The van der Waals surface area contributed by atoms with Crippen molar-refractivity contribution in [2.45, 2.75) is 34.1 Å². The molecule has 2 heteroatoms. The fraction of sp³-hybridized carbons (Fsp3) is 0.583. The van der Waals surface area contributed by atoms with Crippen molar-refractivity contribution < 1.29 is 4.79 Å². The smallest absolute Gasteiger partial charge is 0.224 e. The van der Waals surface area contributed by atoms with E-state index in [1.165, 1.54) is 0 Å². The number of allylic oxidation sites excluding steroid dienone is 3. The molecule has 2 atom stereocenters. The summed E-state index contributed by atoms with van der Waals surface area (Å²) in [5.74, 6) is 0.135. The molecule has 1 aliphatic rings. The Morgan fingerprint density at radius 1 is 1.57 bits per heavy atom. The van der Waals surface area contributed by atoms with Gasteiger partial charge in [0, 0.05) is 0 Å². The molecular formula is C12H21NO. The summed E-state index contributed by atoms with van der Waals surface area (Å²) in [5.41, 5.74) is 6.26. The van der Waals surface area contributed by atoms with Crippen LogP contribution in [-0.2, 0) is 4.79 Å². The van der Waals surface area contributed by atoms with Gasteiger partial charge in [0.25, 0.3) is 0 Å². The largest absolute Gasteiger partial charge is 0.369 e. The number of amides is 1. The summed E-state index contributed by atoms with van der Waals surface area (Å²) in [6.45, 7) is 7.98. The zero-order valence-electron chi connectivity index (χ0n) is 9.58. The lowest BCUT2D eigenvalue weighted by Gasteiger charge is -2.15. The van der Waals surface area contributed by atoms with Gasteiger partial charge in [-0.05, 0) is 24.8 Å². The quantitative estimate of drug-likeness (QED) is 0.723. The van der Waals surface area contributed by atoms with Crippen molar-refractivity contribution >= 4 is 5.91 Å². The monoisotopic (exact) mass is 195 g/mol. The molecule has 80 valence electrons. The molecule has 0 radical (unpaired) electrons. The van der Waals surface area contributed by atoms with Crippen molar-refractivity contribution in [3.63, 3.8) is 0 Å². The van der Waals surface area contributed by atoms with Crippen LogP contribution in [0.25, 0.3) is 0 Å². The summed E-state index contributed by atoms with van der Waals surface area (Å²) in [7, 11) is 0. The molecule has 0 aliphatic heterocycles. The number of rotatable bonds is 2. The molecule has 1 aliphatic carbocycles. The molecule has 0 heterocycles. The highest BCUT2D eigenvalue weighted by molar-refractivity contribution is 5.80. The third-order valence-electron chi connectivity index (χ3n) is 2.22. The molecule has 1 amide bonds. The van der Waals surface area contributed by atoms with Crippen molar-refractivity contribution in [2.24, 2.45) is 17.6 Å². The van der Waals surface area contributed by atoms with E-state index in [1.807, 2.05) is 26.8 Å². The first kappa shape index (κ1) is 12.9. The number of carbonyl (C=O) groups excluding carboxylic acids is 1. The van der Waals surface area contributed by atoms with Gasteiger partial charge in [-0.1, -0.05) is 39.0 Å². The van der Waals surface area contributed by atoms with E-state index in [2.05, 4.69) is 19.1 Å². The number of hydrogen-bond acceptors (Lipinski definition) is 1. The van der Waals surface area contributed by atoms with Gasteiger partial charge in [-0.25, -0.2) is 0 Å². The predicted octanol–water partition coefficient (Wildman–Crippen LogP) is 2.66. The summed E-state index contributed by atoms with van der Waals surface area (Å²) in [6.07, 6.45) is 7.28. The summed E-state index contributed by atoms with van der Waals surface area (Å²) < 4.78 is 0. The van der Waals surface area contributed by atoms with Crippen molar-refractivity contribution in [1.82, 2.24) is 0 Å². The highest BCUT2D eigenvalue weighted by atomic mass is 16.1. The number of hydrogen-bond donors (Lipinski definition) is 1. The SMILES string of the molecule is CC.CC1C=C([C@H](C)C(N)=O)C=CC1. The van der Waals surface area contributed by atoms with E-state index in [4.69, 9.17) is 5.73 Å². The van der Waals surface area contributed by atoms with Crippen molar-refractivity contribution in [1.29, 1.82) is 0 Å². The van der Waals surface area contributed by atoms with Gasteiger partial charge in [-0.15, -0.1) is 0 Å². The minimum absolute atomic E-state index is 0.149. The van der Waals surface area contributed by atoms with Gasteiger partial charge in [-0.3, -0.25) is 4.79 Å². The molecule has 0 bridgehead atoms. The zero-order chi connectivity index (χ0) is 11.1. The van der Waals surface area contributed by atoms with E-state index in [9.17, 15) is 4.79 Å². The van der Waals surface area contributed by atoms with Crippen molar-refractivity contribution in [3.8, 4) is 0 Å². The van der Waals surface area contributed by atoms with Crippen LogP contribution >= 0.6 is 0 Å². The fourth-order valence-electron chi connectivity index (χ4n) is 1.32. The third-order valence-corrected chi connectivity index (χ3v) is 2.22. The molecule has 2 nitrogen and oxygen atoms in total. The molecule has 0 saturated carbocycles. The first-order valence-electron chi connectivity index (χ1n) is 5.29. The summed E-state index contributed by atoms with van der Waals surface area (Å²) in [4.78, 5) is 10.9. The normalized spacial score (nSPS) is 21.7. The van der Waals surface area contributed by atoms with Gasteiger partial charge >= 0.3 is 0 Å². The second-order valence-corrected chi connectivity index (χ2v) is 3.41. The van der Waals surface area contributed by atoms with Crippen LogP contribution in [0.1, 0.15) is 34.1 Å². The maximum absolute atomic E-state index is 10.9. The van der Waals surface area contributed by atoms with Crippen molar-refractivity contribution in [3.05, 3.63) is 23.8 Å². The second-order valence-electron chi connectivity index (χ2n) is 3.41. The van der Waals surface area contributed by atoms with Gasteiger partial charge in [0.2, 0.25) is 5.91 Å². The van der Waals surface area contributed by atoms with Crippen LogP contribution < -0.4 is 5.73 Å². The maximum Gasteiger partial charge on any atom is 0.224 e. The average molecular weight is 195 g/mol. The van der Waals surface area contributed by atoms with Gasteiger partial charge in [0.05, 0.1) is 5.92 Å². The van der Waals surface area contributed by atoms with E-state index < -0.39 is 0 Å². The van der Waals surface area contributed by atoms with Crippen LogP contribution in [-0.4, -0.2) is 5.91 Å². The standard InChI is InChI=1S/C10H15NO.C2H6/c1-7-4-3-5-9(6-7)8(2)10(11)12;1-2/h3,5-8H,4H2,1-2H3,(H2,11,12);1-2H3/t7?,8-;/m0./s1. The van der Waals surface area contributed by atoms with E-state index in [0.717, 1.165) is 12.0 Å². The Kier molecular flexibility index (Phi) is 5.93. The van der Waals surface area contributed by atoms with Crippen LogP contribution in [0, 0.1) is 11.8 Å². The third kappa shape index (κ3) is 3.77. The summed E-state index contributed by atoms with van der Waals surface area (Å²) in [5, 5.41) is 0. The van der Waals surface area contributed by atoms with Crippen LogP contribution in [0.2, 0.25) is 0 Å². The molecular weight excluding hydrogens is 174 g/mol. The minimum Gasteiger partial charge on any atom is -0.369 e. The Hall–Kier alpha value is -1.05. The molecule has 2 N–H and O–H groups in total. The Morgan fingerprint density at radius 3 is 2.57 bits per heavy atom. The zero-order valence-corrected chi connectivity index (χ0v) is 9.58. The molecule has 1 rings (SSSR count). The van der Waals surface area contributed by atoms with Gasteiger partial charge in [0.15, 0.2) is 0 Å².